The molecule has 0 radical (unpaired) electrons. The van der Waals surface area contributed by atoms with Gasteiger partial charge in [0, 0.05) is 24.9 Å². The van der Waals surface area contributed by atoms with Gasteiger partial charge in [0.05, 0.1) is 12.8 Å². The SMILES string of the molecule is Cc1ccc(-c2cnc(CCC(=O)NCCOCC(F)(F)F)o2)cc1. The summed E-state index contributed by atoms with van der Waals surface area (Å²) in [4.78, 5) is 15.8. The van der Waals surface area contributed by atoms with Crippen molar-refractivity contribution >= 4 is 5.91 Å². The van der Waals surface area contributed by atoms with Crippen LogP contribution in [0.25, 0.3) is 11.3 Å². The van der Waals surface area contributed by atoms with E-state index in [0.29, 0.717) is 18.1 Å². The second-order valence-electron chi connectivity index (χ2n) is 5.50. The van der Waals surface area contributed by atoms with Gasteiger partial charge in [0.1, 0.15) is 6.61 Å². The fourth-order valence-electron chi connectivity index (χ4n) is 2.04. The van der Waals surface area contributed by atoms with Crippen LogP contribution in [0.2, 0.25) is 0 Å². The summed E-state index contributed by atoms with van der Waals surface area (Å²) in [7, 11) is 0. The van der Waals surface area contributed by atoms with Crippen molar-refractivity contribution in [2.45, 2.75) is 25.9 Å². The van der Waals surface area contributed by atoms with Crippen molar-refractivity contribution in [3.05, 3.63) is 41.9 Å². The first-order chi connectivity index (χ1) is 11.8. The molecule has 2 rings (SSSR count). The molecule has 1 heterocycles. The molecule has 5 nitrogen and oxygen atoms in total. The Hall–Kier alpha value is -2.35. The molecule has 0 atom stereocenters. The van der Waals surface area contributed by atoms with Gasteiger partial charge >= 0.3 is 6.18 Å². The summed E-state index contributed by atoms with van der Waals surface area (Å²) in [5.74, 6) is 0.751. The van der Waals surface area contributed by atoms with E-state index in [1.54, 1.807) is 6.20 Å². The van der Waals surface area contributed by atoms with E-state index in [2.05, 4.69) is 15.0 Å². The van der Waals surface area contributed by atoms with Crippen molar-refractivity contribution in [1.29, 1.82) is 0 Å². The number of amides is 1. The number of aryl methyl sites for hydroxylation is 2. The first-order valence-corrected chi connectivity index (χ1v) is 7.76. The minimum atomic E-state index is -4.36. The molecule has 8 heteroatoms. The van der Waals surface area contributed by atoms with Crippen molar-refractivity contribution in [2.24, 2.45) is 0 Å². The molecule has 136 valence electrons. The fourth-order valence-corrected chi connectivity index (χ4v) is 2.04. The summed E-state index contributed by atoms with van der Waals surface area (Å²) < 4.78 is 45.6. The molecule has 0 aliphatic carbocycles. The lowest BCUT2D eigenvalue weighted by atomic mass is 10.1. The van der Waals surface area contributed by atoms with E-state index in [4.69, 9.17) is 4.42 Å². The molecule has 1 aromatic carbocycles. The number of carbonyl (C=O) groups is 1. The zero-order valence-corrected chi connectivity index (χ0v) is 13.7. The van der Waals surface area contributed by atoms with Crippen molar-refractivity contribution in [1.82, 2.24) is 10.3 Å². The smallest absolute Gasteiger partial charge is 0.411 e. The highest BCUT2D eigenvalue weighted by molar-refractivity contribution is 5.76. The zero-order chi connectivity index (χ0) is 18.3. The Labute approximate surface area is 143 Å². The van der Waals surface area contributed by atoms with Crippen molar-refractivity contribution in [3.63, 3.8) is 0 Å². The number of rotatable bonds is 8. The van der Waals surface area contributed by atoms with E-state index in [1.807, 2.05) is 31.2 Å². The number of nitrogens with zero attached hydrogens (tertiary/aromatic N) is 1. The number of oxazole rings is 1. The monoisotopic (exact) mass is 356 g/mol. The molecular weight excluding hydrogens is 337 g/mol. The minimum Gasteiger partial charge on any atom is -0.441 e. The lowest BCUT2D eigenvalue weighted by Gasteiger charge is -2.08. The Morgan fingerprint density at radius 3 is 2.68 bits per heavy atom. The van der Waals surface area contributed by atoms with Crippen LogP contribution in [0.1, 0.15) is 17.9 Å². The van der Waals surface area contributed by atoms with Gasteiger partial charge in [0.25, 0.3) is 0 Å². The van der Waals surface area contributed by atoms with Gasteiger partial charge < -0.3 is 14.5 Å². The van der Waals surface area contributed by atoms with Crippen LogP contribution < -0.4 is 5.32 Å². The third-order valence-corrected chi connectivity index (χ3v) is 3.29. The highest BCUT2D eigenvalue weighted by Gasteiger charge is 2.27. The molecule has 0 saturated heterocycles. The summed E-state index contributed by atoms with van der Waals surface area (Å²) in [6.45, 7) is 0.500. The molecule has 0 bridgehead atoms. The molecule has 0 fully saturated rings. The highest BCUT2D eigenvalue weighted by Crippen LogP contribution is 2.21. The van der Waals surface area contributed by atoms with Crippen molar-refractivity contribution in [2.75, 3.05) is 19.8 Å². The van der Waals surface area contributed by atoms with Crippen LogP contribution in [0.3, 0.4) is 0 Å². The Morgan fingerprint density at radius 2 is 2.00 bits per heavy atom. The quantitative estimate of drug-likeness (QED) is 0.738. The molecule has 0 spiro atoms. The number of hydrogen-bond donors (Lipinski definition) is 1. The van der Waals surface area contributed by atoms with Crippen LogP contribution >= 0.6 is 0 Å². The molecule has 1 aromatic heterocycles. The van der Waals surface area contributed by atoms with Gasteiger partial charge in [-0.25, -0.2) is 4.98 Å². The fraction of sp³-hybridized carbons (Fsp3) is 0.412. The number of alkyl halides is 3. The summed E-state index contributed by atoms with van der Waals surface area (Å²) in [6, 6.07) is 7.78. The van der Waals surface area contributed by atoms with Gasteiger partial charge in [-0.2, -0.15) is 13.2 Å². The average molecular weight is 356 g/mol. The molecule has 0 aliphatic heterocycles. The maximum atomic E-state index is 11.9. The number of hydrogen-bond acceptors (Lipinski definition) is 4. The second kappa shape index (κ2) is 8.66. The van der Waals surface area contributed by atoms with E-state index in [0.717, 1.165) is 11.1 Å². The molecule has 0 saturated carbocycles. The molecular formula is C17H19F3N2O3. The number of benzene rings is 1. The number of ether oxygens (including phenoxy) is 1. The van der Waals surface area contributed by atoms with Gasteiger partial charge in [-0.3, -0.25) is 4.79 Å². The van der Waals surface area contributed by atoms with Gasteiger partial charge in [-0.05, 0) is 6.92 Å². The number of aromatic nitrogens is 1. The zero-order valence-electron chi connectivity index (χ0n) is 13.7. The van der Waals surface area contributed by atoms with Crippen LogP contribution in [-0.4, -0.2) is 36.8 Å². The Morgan fingerprint density at radius 1 is 1.28 bits per heavy atom. The van der Waals surface area contributed by atoms with E-state index >= 15 is 0 Å². The van der Waals surface area contributed by atoms with Crippen LogP contribution in [-0.2, 0) is 16.0 Å². The first-order valence-electron chi connectivity index (χ1n) is 7.76. The van der Waals surface area contributed by atoms with E-state index < -0.39 is 12.8 Å². The van der Waals surface area contributed by atoms with Gasteiger partial charge in [-0.1, -0.05) is 29.8 Å². The summed E-state index contributed by atoms with van der Waals surface area (Å²) in [5.41, 5.74) is 2.04. The lowest BCUT2D eigenvalue weighted by molar-refractivity contribution is -0.173. The lowest BCUT2D eigenvalue weighted by Crippen LogP contribution is -2.29. The van der Waals surface area contributed by atoms with E-state index in [9.17, 15) is 18.0 Å². The molecule has 0 aliphatic rings. The normalized spacial score (nSPS) is 11.5. The van der Waals surface area contributed by atoms with Gasteiger partial charge in [-0.15, -0.1) is 0 Å². The molecule has 1 amide bonds. The number of carbonyl (C=O) groups excluding carboxylic acids is 1. The molecule has 25 heavy (non-hydrogen) atoms. The maximum absolute atomic E-state index is 11.9. The summed E-state index contributed by atoms with van der Waals surface area (Å²) in [6.07, 6.45) is -2.32. The molecule has 2 aromatic rings. The van der Waals surface area contributed by atoms with Crippen LogP contribution in [0.5, 0.6) is 0 Å². The average Bonchev–Trinajstić information content (AvgIpc) is 3.01. The largest absolute Gasteiger partial charge is 0.441 e. The maximum Gasteiger partial charge on any atom is 0.411 e. The van der Waals surface area contributed by atoms with Gasteiger partial charge in [0.15, 0.2) is 11.7 Å². The predicted molar refractivity (Wildman–Crippen MR) is 84.9 cm³/mol. The van der Waals surface area contributed by atoms with Crippen LogP contribution in [0, 0.1) is 6.92 Å². The topological polar surface area (TPSA) is 64.4 Å². The van der Waals surface area contributed by atoms with Crippen LogP contribution in [0.15, 0.2) is 34.9 Å². The molecule has 0 unspecified atom stereocenters. The Bertz CT molecular complexity index is 681. The summed E-state index contributed by atoms with van der Waals surface area (Å²) in [5, 5.41) is 2.48. The molecule has 1 N–H and O–H groups in total. The van der Waals surface area contributed by atoms with Crippen molar-refractivity contribution in [3.8, 4) is 11.3 Å². The number of halogens is 3. The van der Waals surface area contributed by atoms with Crippen LogP contribution in [0.4, 0.5) is 13.2 Å². The third kappa shape index (κ3) is 6.96. The van der Waals surface area contributed by atoms with E-state index in [1.165, 1.54) is 0 Å². The third-order valence-electron chi connectivity index (χ3n) is 3.29. The Kier molecular flexibility index (Phi) is 6.58. The second-order valence-corrected chi connectivity index (χ2v) is 5.50. The van der Waals surface area contributed by atoms with Gasteiger partial charge in [0.2, 0.25) is 5.91 Å². The minimum absolute atomic E-state index is 0.0229. The van der Waals surface area contributed by atoms with Crippen molar-refractivity contribution < 1.29 is 27.1 Å². The standard InChI is InChI=1S/C17H19F3N2O3/c1-12-2-4-13(5-3-12)14-10-22-16(25-14)7-6-15(23)21-8-9-24-11-17(18,19)20/h2-5,10H,6-9,11H2,1H3,(H,21,23). The predicted octanol–water partition coefficient (Wildman–Crippen LogP) is 3.28. The van der Waals surface area contributed by atoms with E-state index in [-0.39, 0.29) is 25.5 Å². The Balaban J connectivity index is 1.69. The number of nitrogens with one attached hydrogen (secondary N) is 1. The highest BCUT2D eigenvalue weighted by atomic mass is 19.4. The summed E-state index contributed by atoms with van der Waals surface area (Å²) >= 11 is 0. The first kappa shape index (κ1) is 19.0.